The van der Waals surface area contributed by atoms with Gasteiger partial charge in [0.25, 0.3) is 0 Å². The first-order chi connectivity index (χ1) is 6.97. The molecular weight excluding hydrogens is 198 g/mol. The van der Waals surface area contributed by atoms with Crippen LogP contribution in [-0.2, 0) is 14.3 Å². The zero-order valence-corrected chi connectivity index (χ0v) is 8.86. The number of carbonyl (C=O) groups is 2. The van der Waals surface area contributed by atoms with Crippen molar-refractivity contribution in [3.63, 3.8) is 0 Å². The minimum Gasteiger partial charge on any atom is -0.480 e. The van der Waals surface area contributed by atoms with Crippen LogP contribution in [0.2, 0.25) is 0 Å². The maximum atomic E-state index is 11.1. The SMILES string of the molecule is CC(CC1CCOCC1)(C(N)=O)C(=O)O. The molecule has 0 spiro atoms. The van der Waals surface area contributed by atoms with Gasteiger partial charge >= 0.3 is 5.97 Å². The van der Waals surface area contributed by atoms with E-state index in [4.69, 9.17) is 15.6 Å². The molecule has 5 heteroatoms. The van der Waals surface area contributed by atoms with Crippen LogP contribution in [0.5, 0.6) is 0 Å². The molecule has 0 radical (unpaired) electrons. The van der Waals surface area contributed by atoms with Crippen LogP contribution in [0.15, 0.2) is 0 Å². The Morgan fingerprint density at radius 1 is 1.47 bits per heavy atom. The number of nitrogens with two attached hydrogens (primary N) is 1. The molecule has 1 atom stereocenters. The van der Waals surface area contributed by atoms with E-state index in [2.05, 4.69) is 0 Å². The van der Waals surface area contributed by atoms with E-state index in [0.717, 1.165) is 12.8 Å². The summed E-state index contributed by atoms with van der Waals surface area (Å²) < 4.78 is 5.17. The maximum Gasteiger partial charge on any atom is 0.318 e. The van der Waals surface area contributed by atoms with Crippen LogP contribution in [0, 0.1) is 11.3 Å². The van der Waals surface area contributed by atoms with E-state index in [1.807, 2.05) is 0 Å². The molecule has 0 saturated carbocycles. The summed E-state index contributed by atoms with van der Waals surface area (Å²) in [5.74, 6) is -1.68. The lowest BCUT2D eigenvalue weighted by atomic mass is 9.78. The van der Waals surface area contributed by atoms with Gasteiger partial charge in [-0.1, -0.05) is 0 Å². The van der Waals surface area contributed by atoms with Gasteiger partial charge in [-0.05, 0) is 32.1 Å². The van der Waals surface area contributed by atoms with E-state index in [1.54, 1.807) is 0 Å². The third kappa shape index (κ3) is 2.68. The van der Waals surface area contributed by atoms with Gasteiger partial charge in [0.05, 0.1) is 0 Å². The fourth-order valence-corrected chi connectivity index (χ4v) is 1.82. The highest BCUT2D eigenvalue weighted by molar-refractivity contribution is 6.00. The van der Waals surface area contributed by atoms with E-state index in [-0.39, 0.29) is 5.92 Å². The number of aliphatic carboxylic acids is 1. The molecule has 1 aliphatic rings. The molecule has 0 aromatic rings. The monoisotopic (exact) mass is 215 g/mol. The smallest absolute Gasteiger partial charge is 0.318 e. The standard InChI is InChI=1S/C10H17NO4/c1-10(8(11)12,9(13)14)6-7-2-4-15-5-3-7/h7H,2-6H2,1H3,(H2,11,12)(H,13,14). The lowest BCUT2D eigenvalue weighted by Gasteiger charge is -2.29. The molecule has 0 aliphatic carbocycles. The van der Waals surface area contributed by atoms with Gasteiger partial charge < -0.3 is 15.6 Å². The molecule has 0 aromatic heterocycles. The maximum absolute atomic E-state index is 11.1. The summed E-state index contributed by atoms with van der Waals surface area (Å²) in [4.78, 5) is 22.2. The summed E-state index contributed by atoms with van der Waals surface area (Å²) in [6.07, 6.45) is 1.91. The fourth-order valence-electron chi connectivity index (χ4n) is 1.82. The van der Waals surface area contributed by atoms with E-state index in [1.165, 1.54) is 6.92 Å². The summed E-state index contributed by atoms with van der Waals surface area (Å²) >= 11 is 0. The summed E-state index contributed by atoms with van der Waals surface area (Å²) in [5.41, 5.74) is 3.70. The van der Waals surface area contributed by atoms with Gasteiger partial charge in [-0.25, -0.2) is 0 Å². The highest BCUT2D eigenvalue weighted by Crippen LogP contribution is 2.31. The van der Waals surface area contributed by atoms with Crippen molar-refractivity contribution < 1.29 is 19.4 Å². The predicted molar refractivity (Wildman–Crippen MR) is 53.1 cm³/mol. The largest absolute Gasteiger partial charge is 0.480 e. The fraction of sp³-hybridized carbons (Fsp3) is 0.800. The summed E-state index contributed by atoms with van der Waals surface area (Å²) in [6.45, 7) is 2.67. The number of rotatable bonds is 4. The van der Waals surface area contributed by atoms with Crippen molar-refractivity contribution in [3.8, 4) is 0 Å². The van der Waals surface area contributed by atoms with Gasteiger partial charge in [0.1, 0.15) is 5.41 Å². The first-order valence-corrected chi connectivity index (χ1v) is 5.08. The third-order valence-corrected chi connectivity index (χ3v) is 3.05. The van der Waals surface area contributed by atoms with Gasteiger partial charge in [0.15, 0.2) is 0 Å². The molecule has 15 heavy (non-hydrogen) atoms. The molecule has 1 saturated heterocycles. The molecule has 1 aliphatic heterocycles. The zero-order chi connectivity index (χ0) is 11.5. The Morgan fingerprint density at radius 3 is 2.40 bits per heavy atom. The summed E-state index contributed by atoms with van der Waals surface area (Å²) in [7, 11) is 0. The topological polar surface area (TPSA) is 89.6 Å². The van der Waals surface area contributed by atoms with E-state index < -0.39 is 17.3 Å². The number of hydrogen-bond donors (Lipinski definition) is 2. The quantitative estimate of drug-likeness (QED) is 0.663. The Labute approximate surface area is 88.6 Å². The molecule has 1 unspecified atom stereocenters. The van der Waals surface area contributed by atoms with Gasteiger partial charge in [0, 0.05) is 13.2 Å². The molecule has 86 valence electrons. The summed E-state index contributed by atoms with van der Waals surface area (Å²) in [6, 6.07) is 0. The lowest BCUT2D eigenvalue weighted by Crippen LogP contribution is -2.43. The van der Waals surface area contributed by atoms with Gasteiger partial charge in [-0.3, -0.25) is 9.59 Å². The molecule has 1 heterocycles. The first-order valence-electron chi connectivity index (χ1n) is 5.08. The van der Waals surface area contributed by atoms with Crippen LogP contribution in [-0.4, -0.2) is 30.2 Å². The highest BCUT2D eigenvalue weighted by atomic mass is 16.5. The van der Waals surface area contributed by atoms with Crippen molar-refractivity contribution >= 4 is 11.9 Å². The molecule has 0 aromatic carbocycles. The van der Waals surface area contributed by atoms with E-state index in [0.29, 0.717) is 19.6 Å². The van der Waals surface area contributed by atoms with Crippen molar-refractivity contribution in [1.82, 2.24) is 0 Å². The number of primary amides is 1. The Bertz CT molecular complexity index is 244. The second-order valence-electron chi connectivity index (χ2n) is 4.26. The van der Waals surface area contributed by atoms with Crippen LogP contribution in [0.25, 0.3) is 0 Å². The second-order valence-corrected chi connectivity index (χ2v) is 4.26. The summed E-state index contributed by atoms with van der Waals surface area (Å²) in [5, 5.41) is 9.00. The molecule has 0 bridgehead atoms. The van der Waals surface area contributed by atoms with Crippen LogP contribution in [0.3, 0.4) is 0 Å². The molecule has 1 rings (SSSR count). The Hall–Kier alpha value is -1.10. The normalized spacial score (nSPS) is 21.9. The number of ether oxygens (including phenoxy) is 1. The van der Waals surface area contributed by atoms with Crippen molar-refractivity contribution in [2.45, 2.75) is 26.2 Å². The molecule has 3 N–H and O–H groups in total. The van der Waals surface area contributed by atoms with Crippen LogP contribution in [0.4, 0.5) is 0 Å². The predicted octanol–water partition coefficient (Wildman–Crippen LogP) is 0.379. The van der Waals surface area contributed by atoms with Crippen molar-refractivity contribution in [2.75, 3.05) is 13.2 Å². The molecule has 1 amide bonds. The molecule has 1 fully saturated rings. The van der Waals surface area contributed by atoms with Crippen LogP contribution < -0.4 is 5.73 Å². The third-order valence-electron chi connectivity index (χ3n) is 3.05. The zero-order valence-electron chi connectivity index (χ0n) is 8.86. The van der Waals surface area contributed by atoms with Crippen molar-refractivity contribution in [3.05, 3.63) is 0 Å². The highest BCUT2D eigenvalue weighted by Gasteiger charge is 2.41. The van der Waals surface area contributed by atoms with Gasteiger partial charge in [0.2, 0.25) is 5.91 Å². The first kappa shape index (κ1) is 12.0. The van der Waals surface area contributed by atoms with Crippen molar-refractivity contribution in [2.24, 2.45) is 17.1 Å². The van der Waals surface area contributed by atoms with Crippen LogP contribution in [0.1, 0.15) is 26.2 Å². The number of carboxylic acid groups (broad SMARTS) is 1. The lowest BCUT2D eigenvalue weighted by molar-refractivity contribution is -0.155. The average molecular weight is 215 g/mol. The van der Waals surface area contributed by atoms with Gasteiger partial charge in [-0.2, -0.15) is 0 Å². The number of carboxylic acids is 1. The van der Waals surface area contributed by atoms with E-state index in [9.17, 15) is 9.59 Å². The second kappa shape index (κ2) is 4.61. The van der Waals surface area contributed by atoms with E-state index >= 15 is 0 Å². The number of carbonyl (C=O) groups excluding carboxylic acids is 1. The molecule has 5 nitrogen and oxygen atoms in total. The average Bonchev–Trinajstić information content (AvgIpc) is 2.18. The number of amides is 1. The van der Waals surface area contributed by atoms with Crippen molar-refractivity contribution in [1.29, 1.82) is 0 Å². The Balaban J connectivity index is 2.65. The Kier molecular flexibility index (Phi) is 3.68. The minimum absolute atomic E-state index is 0.215. The Morgan fingerprint density at radius 2 is 2.00 bits per heavy atom. The van der Waals surface area contributed by atoms with Gasteiger partial charge in [-0.15, -0.1) is 0 Å². The van der Waals surface area contributed by atoms with Crippen LogP contribution >= 0.6 is 0 Å². The minimum atomic E-state index is -1.44. The molecular formula is C10H17NO4. The number of hydrogen-bond acceptors (Lipinski definition) is 3.